The molecule has 7 heteroatoms. The van der Waals surface area contributed by atoms with Gasteiger partial charge in [0.2, 0.25) is 0 Å². The highest BCUT2D eigenvalue weighted by Gasteiger charge is 2.23. The average Bonchev–Trinajstić information content (AvgIpc) is 2.28. The molecule has 17 heavy (non-hydrogen) atoms. The molecule has 1 rings (SSSR count). The third-order valence-corrected chi connectivity index (χ3v) is 2.24. The first-order valence-electron chi connectivity index (χ1n) is 4.57. The lowest BCUT2D eigenvalue weighted by Crippen LogP contribution is -2.12. The van der Waals surface area contributed by atoms with Gasteiger partial charge in [0.15, 0.2) is 5.69 Å². The quantitative estimate of drug-likeness (QED) is 0.636. The van der Waals surface area contributed by atoms with Crippen LogP contribution in [0.4, 0.5) is 8.78 Å². The monoisotopic (exact) mass is 304 g/mol. The zero-order valence-electron chi connectivity index (χ0n) is 8.71. The summed E-state index contributed by atoms with van der Waals surface area (Å²) in [5.41, 5.74) is -1.40. The zero-order valence-corrected chi connectivity index (χ0v) is 10.3. The van der Waals surface area contributed by atoms with Gasteiger partial charge in [0.25, 0.3) is 6.43 Å². The van der Waals surface area contributed by atoms with Gasteiger partial charge >= 0.3 is 5.97 Å². The second-order valence-corrected chi connectivity index (χ2v) is 3.70. The van der Waals surface area contributed by atoms with Gasteiger partial charge in [-0.05, 0) is 28.9 Å². The lowest BCUT2D eigenvalue weighted by molar-refractivity contribution is 0.0518. The van der Waals surface area contributed by atoms with E-state index in [1.54, 1.807) is 13.0 Å². The first kappa shape index (κ1) is 13.5. The molecule has 1 aromatic heterocycles. The first-order valence-corrected chi connectivity index (χ1v) is 5.36. The van der Waals surface area contributed by atoms with Crippen LogP contribution in [0.3, 0.4) is 0 Å². The second-order valence-electron chi connectivity index (χ2n) is 2.89. The summed E-state index contributed by atoms with van der Waals surface area (Å²) < 4.78 is 30.0. The molecule has 0 saturated heterocycles. The largest absolute Gasteiger partial charge is 0.461 e. The molecule has 90 valence electrons. The summed E-state index contributed by atoms with van der Waals surface area (Å²) in [6.45, 7) is 1.64. The van der Waals surface area contributed by atoms with Crippen molar-refractivity contribution in [1.82, 2.24) is 4.98 Å². The van der Waals surface area contributed by atoms with Crippen molar-refractivity contribution < 1.29 is 18.3 Å². The predicted octanol–water partition coefficient (Wildman–Crippen LogP) is 2.83. The number of carbonyl (C=O) groups is 1. The standard InChI is InChI=1S/C10H7BrF2N2O2/c1-2-17-10(16)8-6(4-14)5(9(12)13)3-7(11)15-8/h3,9H,2H2,1H3. The Morgan fingerprint density at radius 3 is 2.82 bits per heavy atom. The molecule has 0 aliphatic carbocycles. The predicted molar refractivity (Wildman–Crippen MR) is 57.6 cm³/mol. The maximum atomic E-state index is 12.7. The van der Waals surface area contributed by atoms with E-state index in [2.05, 4.69) is 25.7 Å². The highest BCUT2D eigenvalue weighted by molar-refractivity contribution is 9.10. The van der Waals surface area contributed by atoms with Crippen LogP contribution in [-0.4, -0.2) is 17.6 Å². The summed E-state index contributed by atoms with van der Waals surface area (Å²) in [5.74, 6) is -0.896. The number of nitrogens with zero attached hydrogens (tertiary/aromatic N) is 2. The van der Waals surface area contributed by atoms with Crippen LogP contribution in [0.5, 0.6) is 0 Å². The van der Waals surface area contributed by atoms with Crippen molar-refractivity contribution in [2.45, 2.75) is 13.3 Å². The van der Waals surface area contributed by atoms with Crippen molar-refractivity contribution in [3.05, 3.63) is 27.5 Å². The molecule has 0 spiro atoms. The van der Waals surface area contributed by atoms with E-state index in [0.29, 0.717) is 0 Å². The number of alkyl halides is 2. The maximum absolute atomic E-state index is 12.7. The summed E-state index contributed by atoms with van der Waals surface area (Å²) in [6, 6.07) is 2.55. The number of rotatable bonds is 3. The van der Waals surface area contributed by atoms with E-state index >= 15 is 0 Å². The van der Waals surface area contributed by atoms with Gasteiger partial charge in [-0.15, -0.1) is 0 Å². The number of nitriles is 1. The van der Waals surface area contributed by atoms with E-state index in [-0.39, 0.29) is 11.2 Å². The molecule has 0 bridgehead atoms. The summed E-state index contributed by atoms with van der Waals surface area (Å²) in [6.07, 6.45) is -2.86. The van der Waals surface area contributed by atoms with Crippen molar-refractivity contribution in [3.63, 3.8) is 0 Å². The highest BCUT2D eigenvalue weighted by Crippen LogP contribution is 2.27. The summed E-state index contributed by atoms with van der Waals surface area (Å²) >= 11 is 2.90. The number of aromatic nitrogens is 1. The van der Waals surface area contributed by atoms with E-state index in [1.165, 1.54) is 0 Å². The minimum absolute atomic E-state index is 0.0508. The number of halogens is 3. The van der Waals surface area contributed by atoms with Crippen molar-refractivity contribution in [1.29, 1.82) is 5.26 Å². The van der Waals surface area contributed by atoms with Gasteiger partial charge in [-0.1, -0.05) is 0 Å². The van der Waals surface area contributed by atoms with Gasteiger partial charge in [0, 0.05) is 5.56 Å². The Morgan fingerprint density at radius 2 is 2.35 bits per heavy atom. The Bertz CT molecular complexity index is 486. The fourth-order valence-electron chi connectivity index (χ4n) is 1.17. The van der Waals surface area contributed by atoms with E-state index < -0.39 is 29.2 Å². The molecule has 0 atom stereocenters. The number of carbonyl (C=O) groups excluding carboxylic acids is 1. The Kier molecular flexibility index (Phi) is 4.52. The molecule has 1 aromatic rings. The van der Waals surface area contributed by atoms with Gasteiger partial charge in [-0.25, -0.2) is 18.6 Å². The van der Waals surface area contributed by atoms with Gasteiger partial charge in [0.1, 0.15) is 10.7 Å². The molecule has 0 aliphatic heterocycles. The number of hydrogen-bond acceptors (Lipinski definition) is 4. The van der Waals surface area contributed by atoms with Crippen LogP contribution in [0.25, 0.3) is 0 Å². The van der Waals surface area contributed by atoms with Gasteiger partial charge in [-0.2, -0.15) is 5.26 Å². The van der Waals surface area contributed by atoms with Crippen molar-refractivity contribution in [3.8, 4) is 6.07 Å². The van der Waals surface area contributed by atoms with Crippen molar-refractivity contribution in [2.24, 2.45) is 0 Å². The van der Waals surface area contributed by atoms with Crippen molar-refractivity contribution in [2.75, 3.05) is 6.61 Å². The van der Waals surface area contributed by atoms with Crippen LogP contribution < -0.4 is 0 Å². The Labute approximate surface area is 104 Å². The molecular weight excluding hydrogens is 298 g/mol. The number of hydrogen-bond donors (Lipinski definition) is 0. The fraction of sp³-hybridized carbons (Fsp3) is 0.300. The van der Waals surface area contributed by atoms with E-state index in [4.69, 9.17) is 5.26 Å². The Hall–Kier alpha value is -1.55. The molecule has 0 saturated carbocycles. The first-order chi connectivity index (χ1) is 8.01. The lowest BCUT2D eigenvalue weighted by Gasteiger charge is -2.08. The molecule has 1 heterocycles. The van der Waals surface area contributed by atoms with Crippen LogP contribution in [0.15, 0.2) is 10.7 Å². The smallest absolute Gasteiger partial charge is 0.358 e. The maximum Gasteiger partial charge on any atom is 0.358 e. The molecule has 0 aliphatic rings. The molecule has 0 N–H and O–H groups in total. The minimum Gasteiger partial charge on any atom is -0.461 e. The SMILES string of the molecule is CCOC(=O)c1nc(Br)cc(C(F)F)c1C#N. The van der Waals surface area contributed by atoms with Crippen LogP contribution in [-0.2, 0) is 4.74 Å². The molecule has 0 radical (unpaired) electrons. The fourth-order valence-corrected chi connectivity index (χ4v) is 1.59. The normalized spacial score (nSPS) is 10.1. The summed E-state index contributed by atoms with van der Waals surface area (Å²) in [7, 11) is 0. The molecule has 0 fully saturated rings. The van der Waals surface area contributed by atoms with Gasteiger partial charge < -0.3 is 4.74 Å². The summed E-state index contributed by atoms with van der Waals surface area (Å²) in [4.78, 5) is 15.1. The average molecular weight is 305 g/mol. The minimum atomic E-state index is -2.86. The topological polar surface area (TPSA) is 63.0 Å². The molecule has 0 unspecified atom stereocenters. The van der Waals surface area contributed by atoms with E-state index in [1.807, 2.05) is 0 Å². The molecule has 4 nitrogen and oxygen atoms in total. The Balaban J connectivity index is 3.39. The van der Waals surface area contributed by atoms with Crippen LogP contribution >= 0.6 is 15.9 Å². The number of esters is 1. The molecule has 0 amide bonds. The third kappa shape index (κ3) is 2.97. The van der Waals surface area contributed by atoms with Crippen LogP contribution in [0.1, 0.15) is 35.0 Å². The second kappa shape index (κ2) is 5.68. The summed E-state index contributed by atoms with van der Waals surface area (Å²) in [5, 5.41) is 8.81. The Morgan fingerprint density at radius 1 is 1.71 bits per heavy atom. The highest BCUT2D eigenvalue weighted by atomic mass is 79.9. The van der Waals surface area contributed by atoms with E-state index in [0.717, 1.165) is 6.07 Å². The molecule has 0 aromatic carbocycles. The van der Waals surface area contributed by atoms with Crippen LogP contribution in [0.2, 0.25) is 0 Å². The van der Waals surface area contributed by atoms with Gasteiger partial charge in [-0.3, -0.25) is 0 Å². The third-order valence-electron chi connectivity index (χ3n) is 1.83. The van der Waals surface area contributed by atoms with E-state index in [9.17, 15) is 13.6 Å². The van der Waals surface area contributed by atoms with Crippen molar-refractivity contribution >= 4 is 21.9 Å². The molecular formula is C10H7BrF2N2O2. The number of pyridine rings is 1. The lowest BCUT2D eigenvalue weighted by atomic mass is 10.1. The number of ether oxygens (including phenoxy) is 1. The van der Waals surface area contributed by atoms with Gasteiger partial charge in [0.05, 0.1) is 12.2 Å². The van der Waals surface area contributed by atoms with Crippen LogP contribution in [0, 0.1) is 11.3 Å². The zero-order chi connectivity index (χ0) is 13.0.